The fourth-order valence-corrected chi connectivity index (χ4v) is 3.18. The number of nitrogens with zero attached hydrogens (tertiary/aromatic N) is 1. The molecule has 1 atom stereocenters. The molecular formula is C17H27ClN2. The summed E-state index contributed by atoms with van der Waals surface area (Å²) in [6, 6.07) is 8.73. The highest BCUT2D eigenvalue weighted by molar-refractivity contribution is 6.30. The molecule has 0 heterocycles. The fraction of sp³-hybridized carbons (Fsp3) is 0.647. The Hall–Kier alpha value is -0.570. The van der Waals surface area contributed by atoms with Crippen LogP contribution in [0.5, 0.6) is 0 Å². The quantitative estimate of drug-likeness (QED) is 0.808. The van der Waals surface area contributed by atoms with E-state index in [-0.39, 0.29) is 0 Å². The van der Waals surface area contributed by atoms with E-state index in [4.69, 9.17) is 11.6 Å². The van der Waals surface area contributed by atoms with Crippen molar-refractivity contribution in [2.45, 2.75) is 50.6 Å². The molecule has 20 heavy (non-hydrogen) atoms. The first-order chi connectivity index (χ1) is 9.57. The van der Waals surface area contributed by atoms with Crippen LogP contribution in [0.4, 0.5) is 0 Å². The van der Waals surface area contributed by atoms with Crippen LogP contribution in [0.3, 0.4) is 0 Å². The summed E-state index contributed by atoms with van der Waals surface area (Å²) in [5.41, 5.74) is 1.72. The van der Waals surface area contributed by atoms with Crippen LogP contribution in [0.15, 0.2) is 24.3 Å². The third kappa shape index (κ3) is 3.55. The van der Waals surface area contributed by atoms with E-state index in [9.17, 15) is 0 Å². The Labute approximate surface area is 128 Å². The molecule has 2 rings (SSSR count). The van der Waals surface area contributed by atoms with Gasteiger partial charge in [-0.25, -0.2) is 0 Å². The van der Waals surface area contributed by atoms with Crippen molar-refractivity contribution in [2.24, 2.45) is 0 Å². The minimum absolute atomic E-state index is 0.373. The molecule has 0 aromatic heterocycles. The molecule has 0 spiro atoms. The second-order valence-electron chi connectivity index (χ2n) is 6.25. The van der Waals surface area contributed by atoms with Crippen molar-refractivity contribution in [3.63, 3.8) is 0 Å². The molecule has 1 saturated carbocycles. The molecule has 0 aliphatic heterocycles. The van der Waals surface area contributed by atoms with E-state index >= 15 is 0 Å². The maximum absolute atomic E-state index is 5.99. The third-order valence-electron chi connectivity index (χ3n) is 4.76. The average molecular weight is 295 g/mol. The topological polar surface area (TPSA) is 15.3 Å². The molecule has 1 aromatic carbocycles. The Morgan fingerprint density at radius 1 is 1.25 bits per heavy atom. The average Bonchev–Trinajstić information content (AvgIpc) is 2.37. The van der Waals surface area contributed by atoms with Crippen LogP contribution in [0.2, 0.25) is 5.02 Å². The first kappa shape index (κ1) is 15.8. The Balaban J connectivity index is 2.00. The summed E-state index contributed by atoms with van der Waals surface area (Å²) in [4.78, 5) is 2.40. The highest BCUT2D eigenvalue weighted by atomic mass is 35.5. The van der Waals surface area contributed by atoms with Crippen molar-refractivity contribution in [1.82, 2.24) is 10.2 Å². The van der Waals surface area contributed by atoms with Gasteiger partial charge in [0.1, 0.15) is 0 Å². The summed E-state index contributed by atoms with van der Waals surface area (Å²) in [7, 11) is 4.41. The molecular weight excluding hydrogens is 268 g/mol. The number of nitrogens with one attached hydrogen (secondary N) is 1. The summed E-state index contributed by atoms with van der Waals surface area (Å²) >= 11 is 5.99. The minimum Gasteiger partial charge on any atom is -0.308 e. The first-order valence-electron chi connectivity index (χ1n) is 7.74. The Morgan fingerprint density at radius 3 is 2.35 bits per heavy atom. The molecule has 2 nitrogen and oxygen atoms in total. The van der Waals surface area contributed by atoms with Crippen molar-refractivity contribution >= 4 is 11.6 Å². The predicted octanol–water partition coefficient (Wildman–Crippen LogP) is 4.26. The summed E-state index contributed by atoms with van der Waals surface area (Å²) in [5.74, 6) is 0. The van der Waals surface area contributed by atoms with Gasteiger partial charge in [-0.15, -0.1) is 0 Å². The number of halogens is 1. The third-order valence-corrected chi connectivity index (χ3v) is 5.01. The van der Waals surface area contributed by atoms with Gasteiger partial charge in [-0.3, -0.25) is 0 Å². The summed E-state index contributed by atoms with van der Waals surface area (Å²) in [5, 5.41) is 4.61. The van der Waals surface area contributed by atoms with Gasteiger partial charge in [0.05, 0.1) is 0 Å². The molecule has 0 amide bonds. The molecule has 1 unspecified atom stereocenters. The van der Waals surface area contributed by atoms with Crippen molar-refractivity contribution in [3.05, 3.63) is 34.9 Å². The van der Waals surface area contributed by atoms with Gasteiger partial charge in [0.15, 0.2) is 0 Å². The van der Waals surface area contributed by atoms with Crippen LogP contribution < -0.4 is 5.32 Å². The molecule has 3 heteroatoms. The molecule has 1 aromatic rings. The zero-order valence-corrected chi connectivity index (χ0v) is 13.7. The first-order valence-corrected chi connectivity index (χ1v) is 8.11. The standard InChI is InChI=1S/C17H27ClN2/c1-4-6-16(14-7-9-15(18)10-8-14)19-13-17(20(2)3)11-5-12-17/h7-10,16,19H,4-6,11-13H2,1-3H3. The van der Waals surface area contributed by atoms with E-state index in [2.05, 4.69) is 43.4 Å². The fourth-order valence-electron chi connectivity index (χ4n) is 3.05. The van der Waals surface area contributed by atoms with Crippen molar-refractivity contribution in [3.8, 4) is 0 Å². The molecule has 0 bridgehead atoms. The predicted molar refractivity (Wildman–Crippen MR) is 87.4 cm³/mol. The Bertz CT molecular complexity index is 410. The van der Waals surface area contributed by atoms with E-state index in [1.165, 1.54) is 37.7 Å². The van der Waals surface area contributed by atoms with Crippen molar-refractivity contribution < 1.29 is 0 Å². The van der Waals surface area contributed by atoms with Crippen LogP contribution in [-0.2, 0) is 0 Å². The van der Waals surface area contributed by atoms with Gasteiger partial charge >= 0.3 is 0 Å². The van der Waals surface area contributed by atoms with E-state index in [1.807, 2.05) is 12.1 Å². The molecule has 1 fully saturated rings. The highest BCUT2D eigenvalue weighted by Crippen LogP contribution is 2.36. The highest BCUT2D eigenvalue weighted by Gasteiger charge is 2.39. The number of hydrogen-bond donors (Lipinski definition) is 1. The summed E-state index contributed by atoms with van der Waals surface area (Å²) in [6.07, 6.45) is 6.35. The van der Waals surface area contributed by atoms with Gasteiger partial charge in [-0.05, 0) is 57.5 Å². The van der Waals surface area contributed by atoms with E-state index in [0.717, 1.165) is 11.6 Å². The van der Waals surface area contributed by atoms with Crippen molar-refractivity contribution in [2.75, 3.05) is 20.6 Å². The SMILES string of the molecule is CCCC(NCC1(N(C)C)CCC1)c1ccc(Cl)cc1. The lowest BCUT2D eigenvalue weighted by Gasteiger charge is -2.48. The largest absolute Gasteiger partial charge is 0.308 e. The molecule has 0 saturated heterocycles. The second kappa shape index (κ2) is 6.93. The van der Waals surface area contributed by atoms with Crippen LogP contribution in [0.25, 0.3) is 0 Å². The molecule has 1 N–H and O–H groups in total. The van der Waals surface area contributed by atoms with Gasteiger partial charge in [0.25, 0.3) is 0 Å². The van der Waals surface area contributed by atoms with Crippen molar-refractivity contribution in [1.29, 1.82) is 0 Å². The number of rotatable bonds is 7. The molecule has 112 valence electrons. The molecule has 1 aliphatic rings. The lowest BCUT2D eigenvalue weighted by Crippen LogP contribution is -2.56. The maximum atomic E-state index is 5.99. The smallest absolute Gasteiger partial charge is 0.0406 e. The normalized spacial score (nSPS) is 18.9. The van der Waals surface area contributed by atoms with Crippen LogP contribution in [-0.4, -0.2) is 31.1 Å². The van der Waals surface area contributed by atoms with Gasteiger partial charge in [-0.2, -0.15) is 0 Å². The monoisotopic (exact) mass is 294 g/mol. The number of likely N-dealkylation sites (N-methyl/N-ethyl adjacent to an activating group) is 1. The lowest BCUT2D eigenvalue weighted by molar-refractivity contribution is 0.0567. The maximum Gasteiger partial charge on any atom is 0.0406 e. The van der Waals surface area contributed by atoms with Crippen LogP contribution in [0.1, 0.15) is 50.6 Å². The van der Waals surface area contributed by atoms with Gasteiger partial charge in [0, 0.05) is 23.1 Å². The van der Waals surface area contributed by atoms with Gasteiger partial charge < -0.3 is 10.2 Å². The van der Waals surface area contributed by atoms with E-state index in [0.29, 0.717) is 11.6 Å². The van der Waals surface area contributed by atoms with Gasteiger partial charge in [-0.1, -0.05) is 37.1 Å². The van der Waals surface area contributed by atoms with E-state index < -0.39 is 0 Å². The second-order valence-corrected chi connectivity index (χ2v) is 6.68. The number of benzene rings is 1. The summed E-state index contributed by atoms with van der Waals surface area (Å²) in [6.45, 7) is 3.32. The summed E-state index contributed by atoms with van der Waals surface area (Å²) < 4.78 is 0. The van der Waals surface area contributed by atoms with E-state index in [1.54, 1.807) is 0 Å². The Morgan fingerprint density at radius 2 is 1.90 bits per heavy atom. The van der Waals surface area contributed by atoms with Crippen LogP contribution >= 0.6 is 11.6 Å². The van der Waals surface area contributed by atoms with Gasteiger partial charge in [0.2, 0.25) is 0 Å². The van der Waals surface area contributed by atoms with Crippen LogP contribution in [0, 0.1) is 0 Å². The Kier molecular flexibility index (Phi) is 5.48. The zero-order valence-electron chi connectivity index (χ0n) is 13.0. The zero-order chi connectivity index (χ0) is 14.6. The minimum atomic E-state index is 0.373. The number of hydrogen-bond acceptors (Lipinski definition) is 2. The molecule has 1 aliphatic carbocycles. The molecule has 0 radical (unpaired) electrons. The lowest BCUT2D eigenvalue weighted by atomic mass is 9.75.